The van der Waals surface area contributed by atoms with Crippen molar-refractivity contribution in [1.29, 1.82) is 0 Å². The molecule has 0 spiro atoms. The molecule has 0 aliphatic carbocycles. The molecular formula is C13H26N2O3. The minimum atomic E-state index is -0.902. The minimum Gasteiger partial charge on any atom is -0.465 e. The van der Waals surface area contributed by atoms with Crippen LogP contribution in [-0.4, -0.2) is 54.9 Å². The van der Waals surface area contributed by atoms with Crippen LogP contribution < -0.4 is 5.73 Å². The first-order valence-electron chi connectivity index (χ1n) is 6.69. The van der Waals surface area contributed by atoms with Gasteiger partial charge in [-0.15, -0.1) is 0 Å². The van der Waals surface area contributed by atoms with E-state index in [0.717, 1.165) is 19.6 Å². The van der Waals surface area contributed by atoms with Gasteiger partial charge in [-0.25, -0.2) is 0 Å². The third-order valence-electron chi connectivity index (χ3n) is 3.18. The molecule has 2 N–H and O–H groups in total. The average Bonchev–Trinajstić information content (AvgIpc) is 2.25. The third-order valence-corrected chi connectivity index (χ3v) is 3.18. The summed E-state index contributed by atoms with van der Waals surface area (Å²) in [6, 6.07) is 0. The summed E-state index contributed by atoms with van der Waals surface area (Å²) in [4.78, 5) is 14.0. The molecule has 1 fully saturated rings. The Hall–Kier alpha value is -0.650. The van der Waals surface area contributed by atoms with Crippen molar-refractivity contribution in [2.45, 2.75) is 51.9 Å². The van der Waals surface area contributed by atoms with Gasteiger partial charge in [0, 0.05) is 19.6 Å². The van der Waals surface area contributed by atoms with Crippen molar-refractivity contribution in [3.8, 4) is 0 Å². The van der Waals surface area contributed by atoms with Gasteiger partial charge in [-0.05, 0) is 34.1 Å². The third kappa shape index (κ3) is 4.55. The summed E-state index contributed by atoms with van der Waals surface area (Å²) in [6.45, 7) is 10.6. The molecule has 0 aromatic carbocycles. The second-order valence-corrected chi connectivity index (χ2v) is 5.40. The number of morpholine rings is 1. The summed E-state index contributed by atoms with van der Waals surface area (Å²) in [5, 5.41) is 0. The number of rotatable bonds is 5. The monoisotopic (exact) mass is 258 g/mol. The Labute approximate surface area is 110 Å². The van der Waals surface area contributed by atoms with Gasteiger partial charge >= 0.3 is 5.97 Å². The highest BCUT2D eigenvalue weighted by molar-refractivity contribution is 5.79. The summed E-state index contributed by atoms with van der Waals surface area (Å²) in [7, 11) is 0. The zero-order valence-corrected chi connectivity index (χ0v) is 11.9. The van der Waals surface area contributed by atoms with Crippen molar-refractivity contribution in [3.63, 3.8) is 0 Å². The molecule has 1 aliphatic heterocycles. The molecule has 1 unspecified atom stereocenters. The van der Waals surface area contributed by atoms with Crippen LogP contribution in [0.4, 0.5) is 0 Å². The second-order valence-electron chi connectivity index (χ2n) is 5.40. The fourth-order valence-electron chi connectivity index (χ4n) is 2.26. The lowest BCUT2D eigenvalue weighted by atomic mass is 9.99. The predicted molar refractivity (Wildman–Crippen MR) is 70.3 cm³/mol. The molecular weight excluding hydrogens is 232 g/mol. The first-order chi connectivity index (χ1) is 8.35. The van der Waals surface area contributed by atoms with Crippen molar-refractivity contribution in [2.75, 3.05) is 26.2 Å². The molecule has 1 saturated heterocycles. The van der Waals surface area contributed by atoms with E-state index in [1.54, 1.807) is 13.8 Å². The van der Waals surface area contributed by atoms with Crippen molar-refractivity contribution >= 4 is 5.97 Å². The maximum Gasteiger partial charge on any atom is 0.325 e. The summed E-state index contributed by atoms with van der Waals surface area (Å²) in [6.07, 6.45) is 1.08. The first-order valence-corrected chi connectivity index (χ1v) is 6.69. The fourth-order valence-corrected chi connectivity index (χ4v) is 2.26. The Bertz CT molecular complexity index is 271. The predicted octanol–water partition coefficient (Wildman–Crippen LogP) is 0.766. The van der Waals surface area contributed by atoms with Gasteiger partial charge in [0.25, 0.3) is 0 Å². The van der Waals surface area contributed by atoms with Crippen molar-refractivity contribution in [2.24, 2.45) is 5.73 Å². The van der Waals surface area contributed by atoms with E-state index in [1.807, 2.05) is 0 Å². The van der Waals surface area contributed by atoms with Crippen LogP contribution >= 0.6 is 0 Å². The molecule has 1 aliphatic rings. The smallest absolute Gasteiger partial charge is 0.325 e. The number of nitrogens with zero attached hydrogens (tertiary/aromatic N) is 1. The molecule has 3 atom stereocenters. The molecule has 0 bridgehead atoms. The van der Waals surface area contributed by atoms with Crippen molar-refractivity contribution in [3.05, 3.63) is 0 Å². The molecule has 0 aromatic heterocycles. The largest absolute Gasteiger partial charge is 0.465 e. The second kappa shape index (κ2) is 6.50. The van der Waals surface area contributed by atoms with Crippen LogP contribution in [0.15, 0.2) is 0 Å². The lowest BCUT2D eigenvalue weighted by molar-refractivity contribution is -0.149. The van der Waals surface area contributed by atoms with Gasteiger partial charge < -0.3 is 15.2 Å². The van der Waals surface area contributed by atoms with E-state index in [1.165, 1.54) is 0 Å². The number of hydrogen-bond acceptors (Lipinski definition) is 5. The molecule has 0 amide bonds. The van der Waals surface area contributed by atoms with Crippen LogP contribution in [0.2, 0.25) is 0 Å². The number of hydrogen-bond donors (Lipinski definition) is 1. The summed E-state index contributed by atoms with van der Waals surface area (Å²) in [5.74, 6) is -0.320. The topological polar surface area (TPSA) is 64.8 Å². The van der Waals surface area contributed by atoms with E-state index in [9.17, 15) is 4.79 Å². The molecule has 0 aromatic rings. The summed E-state index contributed by atoms with van der Waals surface area (Å²) in [5.41, 5.74) is 5.10. The van der Waals surface area contributed by atoms with Crippen LogP contribution in [0.5, 0.6) is 0 Å². The summed E-state index contributed by atoms with van der Waals surface area (Å²) < 4.78 is 10.7. The van der Waals surface area contributed by atoms with E-state index in [0.29, 0.717) is 13.0 Å². The standard InChI is InChI=1S/C13H26N2O3/c1-5-17-12(16)13(4,14)6-7-15-8-10(2)18-11(3)9-15/h10-11H,5-9,14H2,1-4H3/t10-,11+,13?. The molecule has 0 saturated carbocycles. The van der Waals surface area contributed by atoms with E-state index < -0.39 is 5.54 Å². The van der Waals surface area contributed by atoms with E-state index in [2.05, 4.69) is 18.7 Å². The van der Waals surface area contributed by atoms with Gasteiger partial charge in [0.1, 0.15) is 5.54 Å². The summed E-state index contributed by atoms with van der Waals surface area (Å²) >= 11 is 0. The molecule has 106 valence electrons. The van der Waals surface area contributed by atoms with Gasteiger partial charge in [-0.1, -0.05) is 0 Å². The van der Waals surface area contributed by atoms with Gasteiger partial charge in [-0.2, -0.15) is 0 Å². The van der Waals surface area contributed by atoms with Crippen LogP contribution in [0.25, 0.3) is 0 Å². The Morgan fingerprint density at radius 1 is 1.44 bits per heavy atom. The Kier molecular flexibility index (Phi) is 5.56. The number of esters is 1. The minimum absolute atomic E-state index is 0.236. The first kappa shape index (κ1) is 15.4. The zero-order chi connectivity index (χ0) is 13.8. The highest BCUT2D eigenvalue weighted by Gasteiger charge is 2.31. The Morgan fingerprint density at radius 2 is 2.00 bits per heavy atom. The molecule has 5 heteroatoms. The number of nitrogens with two attached hydrogens (primary N) is 1. The van der Waals surface area contributed by atoms with Crippen molar-refractivity contribution in [1.82, 2.24) is 4.90 Å². The van der Waals surface area contributed by atoms with Gasteiger partial charge in [0.2, 0.25) is 0 Å². The van der Waals surface area contributed by atoms with Gasteiger partial charge in [-0.3, -0.25) is 9.69 Å². The van der Waals surface area contributed by atoms with Gasteiger partial charge in [0.05, 0.1) is 18.8 Å². The molecule has 18 heavy (non-hydrogen) atoms. The molecule has 1 heterocycles. The highest BCUT2D eigenvalue weighted by Crippen LogP contribution is 2.14. The molecule has 1 rings (SSSR count). The van der Waals surface area contributed by atoms with E-state index in [-0.39, 0.29) is 18.2 Å². The van der Waals surface area contributed by atoms with Crippen LogP contribution in [-0.2, 0) is 14.3 Å². The van der Waals surface area contributed by atoms with Crippen LogP contribution in [0.1, 0.15) is 34.1 Å². The molecule has 5 nitrogen and oxygen atoms in total. The van der Waals surface area contributed by atoms with Crippen molar-refractivity contribution < 1.29 is 14.3 Å². The fraction of sp³-hybridized carbons (Fsp3) is 0.923. The average molecular weight is 258 g/mol. The zero-order valence-electron chi connectivity index (χ0n) is 11.9. The lowest BCUT2D eigenvalue weighted by Gasteiger charge is -2.36. The van der Waals surface area contributed by atoms with Crippen LogP contribution in [0.3, 0.4) is 0 Å². The number of carbonyl (C=O) groups excluding carboxylic acids is 1. The van der Waals surface area contributed by atoms with E-state index in [4.69, 9.17) is 15.2 Å². The Balaban J connectivity index is 2.41. The quantitative estimate of drug-likeness (QED) is 0.738. The normalized spacial score (nSPS) is 28.7. The van der Waals surface area contributed by atoms with E-state index >= 15 is 0 Å². The maximum absolute atomic E-state index is 11.7. The van der Waals surface area contributed by atoms with Gasteiger partial charge in [0.15, 0.2) is 0 Å². The SMILES string of the molecule is CCOC(=O)C(C)(N)CCN1C[C@@H](C)O[C@@H](C)C1. The lowest BCUT2D eigenvalue weighted by Crippen LogP contribution is -2.51. The van der Waals surface area contributed by atoms with Crippen LogP contribution in [0, 0.1) is 0 Å². The highest BCUT2D eigenvalue weighted by atomic mass is 16.5. The maximum atomic E-state index is 11.7. The molecule has 0 radical (unpaired) electrons. The Morgan fingerprint density at radius 3 is 2.50 bits per heavy atom. The number of ether oxygens (including phenoxy) is 2. The number of carbonyl (C=O) groups is 1.